The van der Waals surface area contributed by atoms with E-state index in [9.17, 15) is 0 Å². The molecule has 2 rings (SSSR count). The van der Waals surface area contributed by atoms with Gasteiger partial charge >= 0.3 is 0 Å². The fraction of sp³-hybridized carbons (Fsp3) is 0.143. The third-order valence-corrected chi connectivity index (χ3v) is 2.39. The van der Waals surface area contributed by atoms with Crippen LogP contribution in [-0.2, 0) is 6.54 Å². The Morgan fingerprint density at radius 1 is 0.867 bits per heavy atom. The number of benzene rings is 2. The maximum atomic E-state index is 4.58. The third-order valence-electron chi connectivity index (χ3n) is 2.39. The van der Waals surface area contributed by atoms with Gasteiger partial charge in [0.25, 0.3) is 0 Å². The second-order valence-corrected chi connectivity index (χ2v) is 3.59. The number of para-hydroxylation sites is 1. The number of nitrogens with zero attached hydrogens (tertiary/aromatic N) is 1. The van der Waals surface area contributed by atoms with E-state index in [2.05, 4.69) is 36.5 Å². The highest BCUT2D eigenvalue weighted by Crippen LogP contribution is 2.14. The van der Waals surface area contributed by atoms with Crippen molar-refractivity contribution in [3.05, 3.63) is 65.7 Å². The highest BCUT2D eigenvalue weighted by molar-refractivity contribution is 5.43. The van der Waals surface area contributed by atoms with Crippen LogP contribution in [0.5, 0.6) is 0 Å². The molecule has 1 heteroatoms. The highest BCUT2D eigenvalue weighted by atomic mass is 14.9. The average molecular weight is 196 g/mol. The SMILES string of the molecule is Cc1ccccc1[N]Cc1ccccc1. The highest BCUT2D eigenvalue weighted by Gasteiger charge is 1.97. The second-order valence-electron chi connectivity index (χ2n) is 3.59. The summed E-state index contributed by atoms with van der Waals surface area (Å²) in [5.41, 5.74) is 3.57. The van der Waals surface area contributed by atoms with Gasteiger partial charge in [-0.3, -0.25) is 5.32 Å². The second kappa shape index (κ2) is 4.65. The van der Waals surface area contributed by atoms with Crippen LogP contribution in [0.2, 0.25) is 0 Å². The first-order valence-corrected chi connectivity index (χ1v) is 5.13. The van der Waals surface area contributed by atoms with Gasteiger partial charge in [-0.1, -0.05) is 48.5 Å². The van der Waals surface area contributed by atoms with Crippen LogP contribution in [0, 0.1) is 6.92 Å². The van der Waals surface area contributed by atoms with Crippen molar-refractivity contribution in [2.75, 3.05) is 0 Å². The first-order chi connectivity index (χ1) is 7.36. The smallest absolute Gasteiger partial charge is 0.0647 e. The summed E-state index contributed by atoms with van der Waals surface area (Å²) in [6.07, 6.45) is 0. The molecule has 0 aromatic heterocycles. The summed E-state index contributed by atoms with van der Waals surface area (Å²) in [7, 11) is 0. The van der Waals surface area contributed by atoms with Gasteiger partial charge in [0, 0.05) is 0 Å². The van der Waals surface area contributed by atoms with Crippen molar-refractivity contribution in [3.8, 4) is 0 Å². The van der Waals surface area contributed by atoms with E-state index in [4.69, 9.17) is 0 Å². The molecule has 0 N–H and O–H groups in total. The fourth-order valence-electron chi connectivity index (χ4n) is 1.50. The zero-order valence-corrected chi connectivity index (χ0v) is 8.85. The van der Waals surface area contributed by atoms with E-state index in [1.54, 1.807) is 0 Å². The molecule has 0 saturated heterocycles. The molecule has 1 radical (unpaired) electrons. The van der Waals surface area contributed by atoms with Crippen molar-refractivity contribution < 1.29 is 0 Å². The van der Waals surface area contributed by atoms with Crippen LogP contribution in [0.15, 0.2) is 54.6 Å². The molecule has 0 fully saturated rings. The Kier molecular flexibility index (Phi) is 3.03. The molecule has 75 valence electrons. The number of hydrogen-bond donors (Lipinski definition) is 0. The molecular formula is C14H14N. The van der Waals surface area contributed by atoms with Crippen molar-refractivity contribution in [2.45, 2.75) is 13.5 Å². The molecule has 0 heterocycles. The molecule has 0 aliphatic heterocycles. The normalized spacial score (nSPS) is 9.93. The molecule has 1 nitrogen and oxygen atoms in total. The van der Waals surface area contributed by atoms with Crippen LogP contribution in [0.3, 0.4) is 0 Å². The Balaban J connectivity index is 2.03. The van der Waals surface area contributed by atoms with Gasteiger partial charge in [-0.2, -0.15) is 0 Å². The lowest BCUT2D eigenvalue weighted by atomic mass is 10.2. The molecule has 0 unspecified atom stereocenters. The molecule has 0 bridgehead atoms. The molecule has 2 aromatic carbocycles. The maximum absolute atomic E-state index is 4.58. The first kappa shape index (κ1) is 9.78. The molecule has 2 aromatic rings. The van der Waals surface area contributed by atoms with Gasteiger partial charge in [0.2, 0.25) is 0 Å². The van der Waals surface area contributed by atoms with Crippen molar-refractivity contribution in [3.63, 3.8) is 0 Å². The van der Waals surface area contributed by atoms with E-state index < -0.39 is 0 Å². The van der Waals surface area contributed by atoms with Gasteiger partial charge in [-0.05, 0) is 24.1 Å². The fourth-order valence-corrected chi connectivity index (χ4v) is 1.50. The van der Waals surface area contributed by atoms with Crippen molar-refractivity contribution in [2.24, 2.45) is 0 Å². The summed E-state index contributed by atoms with van der Waals surface area (Å²) < 4.78 is 0. The maximum Gasteiger partial charge on any atom is 0.0647 e. The van der Waals surface area contributed by atoms with Crippen LogP contribution < -0.4 is 5.32 Å². The lowest BCUT2D eigenvalue weighted by Gasteiger charge is -2.05. The summed E-state index contributed by atoms with van der Waals surface area (Å²) in [6, 6.07) is 18.5. The van der Waals surface area contributed by atoms with Crippen LogP contribution in [0.4, 0.5) is 5.69 Å². The van der Waals surface area contributed by atoms with E-state index in [1.165, 1.54) is 11.1 Å². The predicted molar refractivity (Wildman–Crippen MR) is 63.1 cm³/mol. The van der Waals surface area contributed by atoms with Crippen molar-refractivity contribution >= 4 is 5.69 Å². The molecule has 15 heavy (non-hydrogen) atoms. The Labute approximate surface area is 90.8 Å². The number of aryl methyl sites for hydroxylation is 1. The van der Waals surface area contributed by atoms with E-state index in [0.717, 1.165) is 12.2 Å². The minimum Gasteiger partial charge on any atom is -0.280 e. The Hall–Kier alpha value is -1.76. The van der Waals surface area contributed by atoms with Gasteiger partial charge in [0.15, 0.2) is 0 Å². The zero-order valence-electron chi connectivity index (χ0n) is 8.85. The lowest BCUT2D eigenvalue weighted by molar-refractivity contribution is 0.858. The van der Waals surface area contributed by atoms with E-state index in [0.29, 0.717) is 0 Å². The molecule has 0 atom stereocenters. The molecule has 0 saturated carbocycles. The quantitative estimate of drug-likeness (QED) is 0.714. The Bertz CT molecular complexity index is 420. The van der Waals surface area contributed by atoms with Crippen molar-refractivity contribution in [1.82, 2.24) is 5.32 Å². The van der Waals surface area contributed by atoms with Crippen molar-refractivity contribution in [1.29, 1.82) is 0 Å². The van der Waals surface area contributed by atoms with Crippen LogP contribution >= 0.6 is 0 Å². The van der Waals surface area contributed by atoms with Gasteiger partial charge in [-0.15, -0.1) is 0 Å². The van der Waals surface area contributed by atoms with Gasteiger partial charge in [-0.25, -0.2) is 0 Å². The van der Waals surface area contributed by atoms with Crippen LogP contribution in [0.1, 0.15) is 11.1 Å². The Morgan fingerprint density at radius 2 is 1.53 bits per heavy atom. The van der Waals surface area contributed by atoms with Gasteiger partial charge in [0.05, 0.1) is 12.2 Å². The van der Waals surface area contributed by atoms with Crippen LogP contribution in [0.25, 0.3) is 0 Å². The molecule has 0 spiro atoms. The van der Waals surface area contributed by atoms with E-state index in [-0.39, 0.29) is 0 Å². The van der Waals surface area contributed by atoms with Crippen LogP contribution in [-0.4, -0.2) is 0 Å². The Morgan fingerprint density at radius 3 is 2.27 bits per heavy atom. The monoisotopic (exact) mass is 196 g/mol. The standard InChI is InChI=1S/C14H14N/c1-12-7-5-6-10-14(12)15-11-13-8-3-2-4-9-13/h2-10H,11H2,1H3. The van der Waals surface area contributed by atoms with E-state index in [1.807, 2.05) is 30.3 Å². The third kappa shape index (κ3) is 2.59. The summed E-state index contributed by atoms with van der Waals surface area (Å²) in [5.74, 6) is 0. The number of rotatable bonds is 3. The minimum absolute atomic E-state index is 0.756. The lowest BCUT2D eigenvalue weighted by Crippen LogP contribution is -1.99. The molecule has 0 aliphatic carbocycles. The van der Waals surface area contributed by atoms with E-state index >= 15 is 0 Å². The summed E-state index contributed by atoms with van der Waals surface area (Å²) in [6.45, 7) is 2.84. The predicted octanol–water partition coefficient (Wildman–Crippen LogP) is 3.43. The topological polar surface area (TPSA) is 14.1 Å². The molecular weight excluding hydrogens is 182 g/mol. The van der Waals surface area contributed by atoms with Gasteiger partial charge in [0.1, 0.15) is 0 Å². The number of hydrogen-bond acceptors (Lipinski definition) is 0. The average Bonchev–Trinajstić information content (AvgIpc) is 2.29. The first-order valence-electron chi connectivity index (χ1n) is 5.13. The van der Waals surface area contributed by atoms with Gasteiger partial charge < -0.3 is 0 Å². The summed E-state index contributed by atoms with van der Waals surface area (Å²) in [5, 5.41) is 4.58. The minimum atomic E-state index is 0.756. The zero-order chi connectivity index (χ0) is 10.5. The molecule has 0 aliphatic rings. The largest absolute Gasteiger partial charge is 0.280 e. The summed E-state index contributed by atoms with van der Waals surface area (Å²) in [4.78, 5) is 0. The summed E-state index contributed by atoms with van der Waals surface area (Å²) >= 11 is 0. The molecule has 0 amide bonds.